The first-order chi connectivity index (χ1) is 7.90. The molecule has 2 rings (SSSR count). The number of pyridine rings is 1. The minimum absolute atomic E-state index is 0.684. The van der Waals surface area contributed by atoms with Gasteiger partial charge in [-0.05, 0) is 17.7 Å². The Morgan fingerprint density at radius 1 is 1.38 bits per heavy atom. The molecule has 0 aliphatic rings. The minimum atomic E-state index is 0.684. The third-order valence-electron chi connectivity index (χ3n) is 2.35. The fourth-order valence-electron chi connectivity index (χ4n) is 1.55. The number of hydrogen-bond acceptors (Lipinski definition) is 3. The normalized spacial score (nSPS) is 10.3. The summed E-state index contributed by atoms with van der Waals surface area (Å²) in [5, 5.41) is 3.34. The molecular weight excluding hydrogens is 202 g/mol. The van der Waals surface area contributed by atoms with Crippen molar-refractivity contribution in [3.63, 3.8) is 0 Å². The number of hydrogen-bond donors (Lipinski definition) is 2. The second kappa shape index (κ2) is 5.32. The first-order valence-electron chi connectivity index (χ1n) is 5.20. The van der Waals surface area contributed by atoms with Crippen molar-refractivity contribution >= 4 is 0 Å². The van der Waals surface area contributed by atoms with E-state index in [0.29, 0.717) is 5.88 Å². The van der Waals surface area contributed by atoms with Crippen molar-refractivity contribution in [2.24, 2.45) is 0 Å². The van der Waals surface area contributed by atoms with Gasteiger partial charge in [-0.2, -0.15) is 0 Å². The lowest BCUT2D eigenvalue weighted by molar-refractivity contribution is 0.390. The fourth-order valence-corrected chi connectivity index (χ4v) is 1.55. The van der Waals surface area contributed by atoms with Gasteiger partial charge in [0.2, 0.25) is 5.88 Å². The van der Waals surface area contributed by atoms with Crippen LogP contribution < -0.4 is 10.1 Å². The van der Waals surface area contributed by atoms with Gasteiger partial charge in [0, 0.05) is 37.2 Å². The van der Waals surface area contributed by atoms with E-state index in [2.05, 4.69) is 15.3 Å². The Kier molecular flexibility index (Phi) is 3.56. The molecule has 2 N–H and O–H groups in total. The summed E-state index contributed by atoms with van der Waals surface area (Å²) in [5.74, 6) is 0.684. The quantitative estimate of drug-likeness (QED) is 0.801. The summed E-state index contributed by atoms with van der Waals surface area (Å²) in [5.41, 5.74) is 2.31. The molecule has 0 atom stereocenters. The van der Waals surface area contributed by atoms with Crippen molar-refractivity contribution in [3.05, 3.63) is 47.9 Å². The number of aromatic nitrogens is 2. The average Bonchev–Trinajstić information content (AvgIpc) is 2.83. The lowest BCUT2D eigenvalue weighted by atomic mass is 10.2. The molecule has 2 heterocycles. The van der Waals surface area contributed by atoms with Crippen molar-refractivity contribution < 1.29 is 4.74 Å². The predicted octanol–water partition coefficient (Wildman–Crippen LogP) is 1.71. The third-order valence-corrected chi connectivity index (χ3v) is 2.35. The van der Waals surface area contributed by atoms with Crippen LogP contribution in [-0.2, 0) is 13.1 Å². The highest BCUT2D eigenvalue weighted by Crippen LogP contribution is 2.12. The van der Waals surface area contributed by atoms with E-state index in [4.69, 9.17) is 4.74 Å². The van der Waals surface area contributed by atoms with E-state index in [0.717, 1.165) is 18.7 Å². The Bertz CT molecular complexity index is 426. The molecular formula is C12H15N3O. The van der Waals surface area contributed by atoms with E-state index in [1.165, 1.54) is 5.56 Å². The third kappa shape index (κ3) is 2.61. The van der Waals surface area contributed by atoms with Crippen LogP contribution in [0.5, 0.6) is 5.88 Å². The molecule has 4 nitrogen and oxygen atoms in total. The second-order valence-corrected chi connectivity index (χ2v) is 3.49. The largest absolute Gasteiger partial charge is 0.481 e. The van der Waals surface area contributed by atoms with Crippen molar-refractivity contribution in [1.82, 2.24) is 15.3 Å². The summed E-state index contributed by atoms with van der Waals surface area (Å²) in [7, 11) is 1.64. The van der Waals surface area contributed by atoms with Crippen LogP contribution in [0.2, 0.25) is 0 Å². The molecule has 0 amide bonds. The summed E-state index contributed by atoms with van der Waals surface area (Å²) in [6, 6.07) is 5.97. The molecule has 0 bridgehead atoms. The van der Waals surface area contributed by atoms with E-state index in [1.54, 1.807) is 13.3 Å². The maximum absolute atomic E-state index is 5.18. The average molecular weight is 217 g/mol. The van der Waals surface area contributed by atoms with Gasteiger partial charge >= 0.3 is 0 Å². The molecule has 4 heteroatoms. The highest BCUT2D eigenvalue weighted by atomic mass is 16.5. The number of aromatic amines is 1. The number of H-pyrrole nitrogens is 1. The van der Waals surface area contributed by atoms with Gasteiger partial charge in [-0.1, -0.05) is 6.07 Å². The molecule has 0 radical (unpaired) electrons. The zero-order chi connectivity index (χ0) is 11.2. The molecule has 16 heavy (non-hydrogen) atoms. The van der Waals surface area contributed by atoms with Crippen molar-refractivity contribution in [1.29, 1.82) is 0 Å². The number of nitrogens with one attached hydrogen (secondary N) is 2. The van der Waals surface area contributed by atoms with Crippen LogP contribution in [0.15, 0.2) is 36.8 Å². The molecule has 0 unspecified atom stereocenters. The first kappa shape index (κ1) is 10.7. The van der Waals surface area contributed by atoms with Crippen molar-refractivity contribution in [3.8, 4) is 5.88 Å². The van der Waals surface area contributed by atoms with Gasteiger partial charge in [-0.15, -0.1) is 0 Å². The van der Waals surface area contributed by atoms with Gasteiger partial charge in [0.05, 0.1) is 7.11 Å². The molecule has 0 aromatic carbocycles. The number of methoxy groups -OCH3 is 1. The molecule has 0 saturated heterocycles. The van der Waals surface area contributed by atoms with Gasteiger partial charge in [0.25, 0.3) is 0 Å². The Hall–Kier alpha value is -1.81. The lowest BCUT2D eigenvalue weighted by Crippen LogP contribution is -2.13. The smallest absolute Gasteiger partial charge is 0.217 e. The summed E-state index contributed by atoms with van der Waals surface area (Å²) in [4.78, 5) is 7.17. The number of rotatable bonds is 5. The molecule has 0 aliphatic carbocycles. The zero-order valence-electron chi connectivity index (χ0n) is 9.23. The van der Waals surface area contributed by atoms with E-state index >= 15 is 0 Å². The summed E-state index contributed by atoms with van der Waals surface area (Å²) in [6.07, 6.45) is 5.63. The standard InChI is InChI=1S/C12H15N3O/c1-16-12-11(3-2-5-15-12)9-14-8-10-4-6-13-7-10/h2-7,13-14H,8-9H2,1H3. The van der Waals surface area contributed by atoms with Crippen LogP contribution >= 0.6 is 0 Å². The lowest BCUT2D eigenvalue weighted by Gasteiger charge is -2.07. The molecule has 0 aliphatic heterocycles. The van der Waals surface area contributed by atoms with Gasteiger partial charge in [0.15, 0.2) is 0 Å². The van der Waals surface area contributed by atoms with Gasteiger partial charge in [-0.25, -0.2) is 4.98 Å². The highest BCUT2D eigenvalue weighted by Gasteiger charge is 2.02. The fraction of sp³-hybridized carbons (Fsp3) is 0.250. The SMILES string of the molecule is COc1ncccc1CNCc1cc[nH]c1. The van der Waals surface area contributed by atoms with E-state index < -0.39 is 0 Å². The van der Waals surface area contributed by atoms with Gasteiger partial charge < -0.3 is 15.0 Å². The first-order valence-corrected chi connectivity index (χ1v) is 5.20. The number of ether oxygens (including phenoxy) is 1. The second-order valence-electron chi connectivity index (χ2n) is 3.49. The zero-order valence-corrected chi connectivity index (χ0v) is 9.23. The van der Waals surface area contributed by atoms with Crippen molar-refractivity contribution in [2.75, 3.05) is 7.11 Å². The van der Waals surface area contributed by atoms with Crippen molar-refractivity contribution in [2.45, 2.75) is 13.1 Å². The number of nitrogens with zero attached hydrogens (tertiary/aromatic N) is 1. The maximum Gasteiger partial charge on any atom is 0.217 e. The van der Waals surface area contributed by atoms with E-state index in [-0.39, 0.29) is 0 Å². The Labute approximate surface area is 94.7 Å². The minimum Gasteiger partial charge on any atom is -0.481 e. The van der Waals surface area contributed by atoms with Crippen LogP contribution in [-0.4, -0.2) is 17.1 Å². The van der Waals surface area contributed by atoms with E-state index in [9.17, 15) is 0 Å². The van der Waals surface area contributed by atoms with Crippen LogP contribution in [0.3, 0.4) is 0 Å². The molecule has 0 fully saturated rings. The summed E-state index contributed by atoms with van der Waals surface area (Å²) >= 11 is 0. The molecule has 84 valence electrons. The highest BCUT2D eigenvalue weighted by molar-refractivity contribution is 5.25. The molecule has 2 aromatic heterocycles. The van der Waals surface area contributed by atoms with Crippen LogP contribution in [0.4, 0.5) is 0 Å². The monoisotopic (exact) mass is 217 g/mol. The molecule has 0 saturated carbocycles. The van der Waals surface area contributed by atoms with Gasteiger partial charge in [-0.3, -0.25) is 0 Å². The maximum atomic E-state index is 5.18. The predicted molar refractivity (Wildman–Crippen MR) is 62.1 cm³/mol. The summed E-state index contributed by atoms with van der Waals surface area (Å²) < 4.78 is 5.18. The molecule has 2 aromatic rings. The van der Waals surface area contributed by atoms with Crippen LogP contribution in [0.25, 0.3) is 0 Å². The molecule has 0 spiro atoms. The van der Waals surface area contributed by atoms with Crippen LogP contribution in [0, 0.1) is 0 Å². The summed E-state index contributed by atoms with van der Waals surface area (Å²) in [6.45, 7) is 1.59. The topological polar surface area (TPSA) is 49.9 Å². The van der Waals surface area contributed by atoms with E-state index in [1.807, 2.05) is 30.6 Å². The Balaban J connectivity index is 1.89. The Morgan fingerprint density at radius 2 is 2.31 bits per heavy atom. The van der Waals surface area contributed by atoms with Gasteiger partial charge in [0.1, 0.15) is 0 Å². The van der Waals surface area contributed by atoms with Crippen LogP contribution in [0.1, 0.15) is 11.1 Å². The Morgan fingerprint density at radius 3 is 3.06 bits per heavy atom.